The van der Waals surface area contributed by atoms with Crippen LogP contribution in [0, 0.1) is 0 Å². The van der Waals surface area contributed by atoms with E-state index in [1.165, 1.54) is 14.1 Å². The third kappa shape index (κ3) is 2.76. The molecule has 0 amide bonds. The van der Waals surface area contributed by atoms with Crippen molar-refractivity contribution in [2.75, 3.05) is 0 Å². The Balaban J connectivity index is 1.60. The summed E-state index contributed by atoms with van der Waals surface area (Å²) < 4.78 is 7.00. The van der Waals surface area contributed by atoms with Gasteiger partial charge in [-0.1, -0.05) is 36.4 Å². The third-order valence-corrected chi connectivity index (χ3v) is 10.9. The quantitative estimate of drug-likeness (QED) is 0.357. The second-order valence-corrected chi connectivity index (χ2v) is 12.2. The summed E-state index contributed by atoms with van der Waals surface area (Å²) in [6.45, 7) is 0. The molecule has 0 spiro atoms. The van der Waals surface area contributed by atoms with Crippen molar-refractivity contribution >= 4 is 86.8 Å². The molecular formula is C21H12N3PS3. The van der Waals surface area contributed by atoms with Gasteiger partial charge in [0.2, 0.25) is 0 Å². The highest BCUT2D eigenvalue weighted by Crippen LogP contribution is 2.40. The largest absolute Gasteiger partial charge is 0.235 e. The van der Waals surface area contributed by atoms with Gasteiger partial charge >= 0.3 is 0 Å². The van der Waals surface area contributed by atoms with Gasteiger partial charge in [-0.3, -0.25) is 0 Å². The molecule has 0 unspecified atom stereocenters. The predicted octanol–water partition coefficient (Wildman–Crippen LogP) is 5.27. The van der Waals surface area contributed by atoms with Crippen LogP contribution in [0.1, 0.15) is 0 Å². The lowest BCUT2D eigenvalue weighted by Gasteiger charge is -2.07. The molecule has 0 N–H and O–H groups in total. The minimum absolute atomic E-state index is 0.864. The minimum Gasteiger partial charge on any atom is -0.235 e. The number of thiazole rings is 3. The molecule has 0 bridgehead atoms. The first kappa shape index (κ1) is 16.7. The van der Waals surface area contributed by atoms with E-state index in [-0.39, 0.29) is 0 Å². The highest BCUT2D eigenvalue weighted by molar-refractivity contribution is 7.90. The first-order valence-electron chi connectivity index (χ1n) is 8.72. The zero-order valence-electron chi connectivity index (χ0n) is 14.4. The molecule has 0 radical (unpaired) electrons. The molecule has 3 heterocycles. The molecule has 0 aliphatic carbocycles. The topological polar surface area (TPSA) is 38.7 Å². The molecule has 0 saturated heterocycles. The molecule has 0 saturated carbocycles. The molecule has 6 aromatic rings. The van der Waals surface area contributed by atoms with Gasteiger partial charge in [0.15, 0.2) is 0 Å². The number of benzene rings is 3. The summed E-state index contributed by atoms with van der Waals surface area (Å²) in [7, 11) is -0.864. The van der Waals surface area contributed by atoms with Crippen LogP contribution < -0.4 is 14.2 Å². The van der Waals surface area contributed by atoms with Gasteiger partial charge in [-0.25, -0.2) is 15.0 Å². The van der Waals surface area contributed by atoms with Crippen molar-refractivity contribution in [3.05, 3.63) is 72.8 Å². The Morgan fingerprint density at radius 3 is 1.11 bits per heavy atom. The second kappa shape index (κ2) is 6.68. The molecule has 3 aromatic carbocycles. The van der Waals surface area contributed by atoms with Gasteiger partial charge in [0, 0.05) is 0 Å². The Bertz CT molecular complexity index is 1170. The molecule has 6 rings (SSSR count). The Morgan fingerprint density at radius 1 is 0.464 bits per heavy atom. The maximum Gasteiger partial charge on any atom is 0.130 e. The Morgan fingerprint density at radius 2 is 0.786 bits per heavy atom. The fourth-order valence-corrected chi connectivity index (χ4v) is 10.4. The van der Waals surface area contributed by atoms with Crippen molar-refractivity contribution < 1.29 is 0 Å². The van der Waals surface area contributed by atoms with E-state index in [4.69, 9.17) is 15.0 Å². The van der Waals surface area contributed by atoms with E-state index in [0.717, 1.165) is 30.8 Å². The summed E-state index contributed by atoms with van der Waals surface area (Å²) in [5.41, 5.74) is 3.16. The van der Waals surface area contributed by atoms with Gasteiger partial charge in [-0.15, -0.1) is 34.0 Å². The molecular weight excluding hydrogens is 421 g/mol. The summed E-state index contributed by atoms with van der Waals surface area (Å²) in [6, 6.07) is 25.0. The third-order valence-electron chi connectivity index (χ3n) is 4.42. The molecule has 0 aliphatic rings. The average Bonchev–Trinajstić information content (AvgIpc) is 3.44. The highest BCUT2D eigenvalue weighted by atomic mass is 32.1. The maximum absolute atomic E-state index is 4.99. The maximum atomic E-state index is 4.99. The van der Waals surface area contributed by atoms with Crippen molar-refractivity contribution in [2.24, 2.45) is 0 Å². The van der Waals surface area contributed by atoms with Crippen LogP contribution in [0.2, 0.25) is 0 Å². The van der Waals surface area contributed by atoms with Crippen LogP contribution in [0.5, 0.6) is 0 Å². The van der Waals surface area contributed by atoms with Crippen molar-refractivity contribution in [3.63, 3.8) is 0 Å². The minimum atomic E-state index is -0.864. The predicted molar refractivity (Wildman–Crippen MR) is 125 cm³/mol. The molecule has 0 atom stereocenters. The van der Waals surface area contributed by atoms with Crippen molar-refractivity contribution in [1.29, 1.82) is 0 Å². The van der Waals surface area contributed by atoms with Crippen LogP contribution in [-0.4, -0.2) is 15.0 Å². The lowest BCUT2D eigenvalue weighted by molar-refractivity contribution is 1.52. The molecule has 28 heavy (non-hydrogen) atoms. The second-order valence-electron chi connectivity index (χ2n) is 6.23. The van der Waals surface area contributed by atoms with Gasteiger partial charge < -0.3 is 0 Å². The number of nitrogens with zero attached hydrogens (tertiary/aromatic N) is 3. The van der Waals surface area contributed by atoms with Gasteiger partial charge in [-0.2, -0.15) is 0 Å². The molecule has 3 aromatic heterocycles. The van der Waals surface area contributed by atoms with Gasteiger partial charge in [0.25, 0.3) is 0 Å². The van der Waals surface area contributed by atoms with Crippen molar-refractivity contribution in [2.45, 2.75) is 0 Å². The van der Waals surface area contributed by atoms with Gasteiger partial charge in [0.1, 0.15) is 14.2 Å². The fraction of sp³-hybridized carbons (Fsp3) is 0. The van der Waals surface area contributed by atoms with Crippen LogP contribution in [-0.2, 0) is 0 Å². The summed E-state index contributed by atoms with van der Waals surface area (Å²) in [4.78, 5) is 15.0. The summed E-state index contributed by atoms with van der Waals surface area (Å²) in [5, 5.41) is 0. The van der Waals surface area contributed by atoms with Crippen molar-refractivity contribution in [1.82, 2.24) is 15.0 Å². The molecule has 134 valence electrons. The monoisotopic (exact) mass is 433 g/mol. The number of fused-ring (bicyclic) bond motifs is 3. The van der Waals surface area contributed by atoms with Crippen LogP contribution in [0.25, 0.3) is 30.6 Å². The molecule has 0 aliphatic heterocycles. The molecule has 0 fully saturated rings. The van der Waals surface area contributed by atoms with E-state index in [9.17, 15) is 0 Å². The zero-order chi connectivity index (χ0) is 18.5. The standard InChI is InChI=1S/C21H12N3PS3/c1-4-10-16-13(7-1)22-19(26-16)25(20-23-14-8-2-5-11-17(14)27-20)21-24-15-9-3-6-12-18(15)28-21/h1-12H. The van der Waals surface area contributed by atoms with E-state index in [1.807, 2.05) is 18.2 Å². The van der Waals surface area contributed by atoms with Crippen LogP contribution >= 0.6 is 41.9 Å². The Labute approximate surface area is 174 Å². The summed E-state index contributed by atoms with van der Waals surface area (Å²) >= 11 is 5.30. The Hall–Kier alpha value is -2.24. The highest BCUT2D eigenvalue weighted by Gasteiger charge is 2.27. The van der Waals surface area contributed by atoms with E-state index >= 15 is 0 Å². The lowest BCUT2D eigenvalue weighted by Crippen LogP contribution is -2.19. The first-order chi connectivity index (χ1) is 13.8. The number of hydrogen-bond donors (Lipinski definition) is 0. The van der Waals surface area contributed by atoms with Gasteiger partial charge in [0.05, 0.1) is 38.6 Å². The summed E-state index contributed by atoms with van der Waals surface area (Å²) in [5.74, 6) is 0. The number of hydrogen-bond acceptors (Lipinski definition) is 6. The van der Waals surface area contributed by atoms with Crippen molar-refractivity contribution in [3.8, 4) is 0 Å². The molecule has 7 heteroatoms. The number of aromatic nitrogens is 3. The van der Waals surface area contributed by atoms with E-state index < -0.39 is 7.92 Å². The van der Waals surface area contributed by atoms with Crippen LogP contribution in [0.15, 0.2) is 72.8 Å². The SMILES string of the molecule is c1ccc2sc(P(c3nc4ccccc4s3)c3nc4ccccc4s3)nc2c1. The van der Waals surface area contributed by atoms with E-state index in [2.05, 4.69) is 54.6 Å². The van der Waals surface area contributed by atoms with Crippen LogP contribution in [0.4, 0.5) is 0 Å². The lowest BCUT2D eigenvalue weighted by atomic mass is 10.3. The zero-order valence-corrected chi connectivity index (χ0v) is 17.8. The first-order valence-corrected chi connectivity index (χ1v) is 12.5. The van der Waals surface area contributed by atoms with Gasteiger partial charge in [-0.05, 0) is 36.4 Å². The fourth-order valence-electron chi connectivity index (χ4n) is 3.11. The normalized spacial score (nSPS) is 11.9. The molecule has 3 nitrogen and oxygen atoms in total. The number of rotatable bonds is 3. The average molecular weight is 434 g/mol. The van der Waals surface area contributed by atoms with E-state index in [0.29, 0.717) is 0 Å². The number of para-hydroxylation sites is 3. The van der Waals surface area contributed by atoms with E-state index in [1.54, 1.807) is 34.0 Å². The van der Waals surface area contributed by atoms with Crippen LogP contribution in [0.3, 0.4) is 0 Å². The Kier molecular flexibility index (Phi) is 3.98. The smallest absolute Gasteiger partial charge is 0.130 e. The summed E-state index contributed by atoms with van der Waals surface area (Å²) in [6.07, 6.45) is 0.